The minimum atomic E-state index is -0.126. The topological polar surface area (TPSA) is 81.9 Å². The van der Waals surface area contributed by atoms with Crippen molar-refractivity contribution in [2.24, 2.45) is 0 Å². The SMILES string of the molecule is CSc1nnnn1-c1cccc(NC(=O)CCOc2cccc(Br)c2)c1. The molecule has 9 heteroatoms. The number of amides is 1. The highest BCUT2D eigenvalue weighted by molar-refractivity contribution is 9.10. The van der Waals surface area contributed by atoms with Crippen molar-refractivity contribution in [2.75, 3.05) is 18.2 Å². The van der Waals surface area contributed by atoms with Crippen LogP contribution in [0.25, 0.3) is 5.69 Å². The summed E-state index contributed by atoms with van der Waals surface area (Å²) in [7, 11) is 0. The van der Waals surface area contributed by atoms with Gasteiger partial charge in [0.2, 0.25) is 11.1 Å². The van der Waals surface area contributed by atoms with E-state index < -0.39 is 0 Å². The van der Waals surface area contributed by atoms with Crippen molar-refractivity contribution < 1.29 is 9.53 Å². The van der Waals surface area contributed by atoms with Crippen LogP contribution in [0.2, 0.25) is 0 Å². The van der Waals surface area contributed by atoms with E-state index >= 15 is 0 Å². The molecule has 0 fully saturated rings. The molecule has 0 atom stereocenters. The highest BCUT2D eigenvalue weighted by atomic mass is 79.9. The molecule has 1 aromatic heterocycles. The standard InChI is InChI=1S/C17H16BrN5O2S/c1-26-17-20-21-22-23(17)14-6-3-5-13(11-14)19-16(24)8-9-25-15-7-2-4-12(18)10-15/h2-7,10-11H,8-9H2,1H3,(H,19,24). The van der Waals surface area contributed by atoms with Gasteiger partial charge in [0.25, 0.3) is 0 Å². The van der Waals surface area contributed by atoms with Crippen molar-refractivity contribution in [1.82, 2.24) is 20.2 Å². The summed E-state index contributed by atoms with van der Waals surface area (Å²) in [6.07, 6.45) is 2.15. The molecule has 1 N–H and O–H groups in total. The van der Waals surface area contributed by atoms with Gasteiger partial charge >= 0.3 is 0 Å². The van der Waals surface area contributed by atoms with E-state index in [9.17, 15) is 4.79 Å². The molecular weight excluding hydrogens is 418 g/mol. The molecule has 1 heterocycles. The van der Waals surface area contributed by atoms with E-state index in [1.165, 1.54) is 11.8 Å². The lowest BCUT2D eigenvalue weighted by atomic mass is 10.2. The Kier molecular flexibility index (Phi) is 6.24. The lowest BCUT2D eigenvalue weighted by molar-refractivity contribution is -0.116. The van der Waals surface area contributed by atoms with Gasteiger partial charge in [-0.15, -0.1) is 5.10 Å². The predicted molar refractivity (Wildman–Crippen MR) is 104 cm³/mol. The number of aromatic nitrogens is 4. The number of benzene rings is 2. The molecule has 0 aliphatic heterocycles. The van der Waals surface area contributed by atoms with Gasteiger partial charge in [-0.1, -0.05) is 39.8 Å². The Morgan fingerprint density at radius 1 is 1.27 bits per heavy atom. The van der Waals surface area contributed by atoms with Crippen LogP contribution in [0.5, 0.6) is 5.75 Å². The van der Waals surface area contributed by atoms with Gasteiger partial charge in [-0.25, -0.2) is 0 Å². The lowest BCUT2D eigenvalue weighted by Gasteiger charge is -2.09. The monoisotopic (exact) mass is 433 g/mol. The molecule has 0 unspecified atom stereocenters. The molecule has 3 aromatic rings. The van der Waals surface area contributed by atoms with Gasteiger partial charge in [-0.05, 0) is 53.1 Å². The number of thioether (sulfide) groups is 1. The fraction of sp³-hybridized carbons (Fsp3) is 0.176. The van der Waals surface area contributed by atoms with E-state index in [0.717, 1.165) is 15.9 Å². The third-order valence-electron chi connectivity index (χ3n) is 3.39. The Morgan fingerprint density at radius 3 is 2.92 bits per heavy atom. The number of nitrogens with zero attached hydrogens (tertiary/aromatic N) is 4. The van der Waals surface area contributed by atoms with Gasteiger partial charge in [0, 0.05) is 10.2 Å². The van der Waals surface area contributed by atoms with Crippen molar-refractivity contribution in [2.45, 2.75) is 11.6 Å². The molecule has 0 saturated carbocycles. The molecule has 0 spiro atoms. The first-order valence-corrected chi connectivity index (χ1v) is 9.78. The summed E-state index contributed by atoms with van der Waals surface area (Å²) in [4.78, 5) is 12.1. The van der Waals surface area contributed by atoms with E-state index in [0.29, 0.717) is 17.5 Å². The van der Waals surface area contributed by atoms with Crippen LogP contribution in [-0.4, -0.2) is 39.0 Å². The molecule has 1 amide bonds. The quantitative estimate of drug-likeness (QED) is 0.573. The summed E-state index contributed by atoms with van der Waals surface area (Å²) in [6.45, 7) is 0.297. The maximum atomic E-state index is 12.1. The second-order valence-corrected chi connectivity index (χ2v) is 6.92. The van der Waals surface area contributed by atoms with Crippen molar-refractivity contribution in [3.8, 4) is 11.4 Å². The molecule has 26 heavy (non-hydrogen) atoms. The van der Waals surface area contributed by atoms with Crippen LogP contribution in [-0.2, 0) is 4.79 Å². The number of anilines is 1. The predicted octanol–water partition coefficient (Wildman–Crippen LogP) is 3.55. The number of tetrazole rings is 1. The van der Waals surface area contributed by atoms with Crippen LogP contribution in [0.15, 0.2) is 58.2 Å². The molecule has 0 aliphatic rings. The van der Waals surface area contributed by atoms with E-state index in [1.54, 1.807) is 4.68 Å². The first kappa shape index (κ1) is 18.4. The smallest absolute Gasteiger partial charge is 0.227 e. The van der Waals surface area contributed by atoms with E-state index in [-0.39, 0.29) is 12.3 Å². The zero-order chi connectivity index (χ0) is 18.4. The molecule has 0 radical (unpaired) electrons. The zero-order valence-corrected chi connectivity index (χ0v) is 16.3. The minimum absolute atomic E-state index is 0.126. The number of ether oxygens (including phenoxy) is 1. The van der Waals surface area contributed by atoms with Crippen molar-refractivity contribution >= 4 is 39.3 Å². The number of carbonyl (C=O) groups is 1. The van der Waals surface area contributed by atoms with Crippen LogP contribution in [0.4, 0.5) is 5.69 Å². The second kappa shape index (κ2) is 8.81. The molecule has 7 nitrogen and oxygen atoms in total. The van der Waals surface area contributed by atoms with Gasteiger partial charge in [0.15, 0.2) is 0 Å². The molecular formula is C17H16BrN5O2S. The zero-order valence-electron chi connectivity index (χ0n) is 13.9. The Hall–Kier alpha value is -2.39. The van der Waals surface area contributed by atoms with Crippen molar-refractivity contribution in [3.05, 3.63) is 53.0 Å². The molecule has 3 rings (SSSR count). The van der Waals surface area contributed by atoms with Crippen LogP contribution in [0.3, 0.4) is 0 Å². The number of carbonyl (C=O) groups excluding carboxylic acids is 1. The molecule has 2 aromatic carbocycles. The Morgan fingerprint density at radius 2 is 2.12 bits per heavy atom. The van der Waals surface area contributed by atoms with E-state index in [4.69, 9.17) is 4.74 Å². The summed E-state index contributed by atoms with van der Waals surface area (Å²) < 4.78 is 8.14. The van der Waals surface area contributed by atoms with Crippen molar-refractivity contribution in [1.29, 1.82) is 0 Å². The summed E-state index contributed by atoms with van der Waals surface area (Å²) in [6, 6.07) is 14.9. The van der Waals surface area contributed by atoms with Crippen LogP contribution < -0.4 is 10.1 Å². The summed E-state index contributed by atoms with van der Waals surface area (Å²) in [5.74, 6) is 0.594. The number of hydrogen-bond donors (Lipinski definition) is 1. The van der Waals surface area contributed by atoms with Crippen LogP contribution in [0, 0.1) is 0 Å². The average Bonchev–Trinajstić information content (AvgIpc) is 3.11. The molecule has 134 valence electrons. The Balaban J connectivity index is 1.57. The van der Waals surface area contributed by atoms with E-state index in [1.807, 2.05) is 54.8 Å². The summed E-state index contributed by atoms with van der Waals surface area (Å²) in [5.41, 5.74) is 1.46. The first-order valence-electron chi connectivity index (χ1n) is 7.77. The molecule has 0 saturated heterocycles. The maximum absolute atomic E-state index is 12.1. The first-order chi connectivity index (χ1) is 12.7. The third-order valence-corrected chi connectivity index (χ3v) is 4.50. The highest BCUT2D eigenvalue weighted by Crippen LogP contribution is 2.19. The van der Waals surface area contributed by atoms with E-state index in [2.05, 4.69) is 36.8 Å². The minimum Gasteiger partial charge on any atom is -0.493 e. The fourth-order valence-corrected chi connectivity index (χ4v) is 3.04. The average molecular weight is 434 g/mol. The normalized spacial score (nSPS) is 10.5. The van der Waals surface area contributed by atoms with Gasteiger partial charge in [-0.3, -0.25) is 4.79 Å². The second-order valence-electron chi connectivity index (χ2n) is 5.23. The number of nitrogens with one attached hydrogen (secondary N) is 1. The maximum Gasteiger partial charge on any atom is 0.227 e. The molecule has 0 aliphatic carbocycles. The van der Waals surface area contributed by atoms with Gasteiger partial charge in [0.1, 0.15) is 5.75 Å². The number of hydrogen-bond acceptors (Lipinski definition) is 6. The molecule has 0 bridgehead atoms. The number of halogens is 1. The van der Waals surface area contributed by atoms with Gasteiger partial charge < -0.3 is 10.1 Å². The summed E-state index contributed by atoms with van der Waals surface area (Å²) >= 11 is 4.83. The number of rotatable bonds is 7. The third kappa shape index (κ3) is 4.83. The van der Waals surface area contributed by atoms with Crippen LogP contribution in [0.1, 0.15) is 6.42 Å². The largest absolute Gasteiger partial charge is 0.493 e. The highest BCUT2D eigenvalue weighted by Gasteiger charge is 2.09. The Labute approximate surface area is 163 Å². The van der Waals surface area contributed by atoms with Crippen LogP contribution >= 0.6 is 27.7 Å². The van der Waals surface area contributed by atoms with Gasteiger partial charge in [-0.2, -0.15) is 4.68 Å². The summed E-state index contributed by atoms with van der Waals surface area (Å²) in [5, 5.41) is 15.1. The Bertz CT molecular complexity index is 902. The van der Waals surface area contributed by atoms with Gasteiger partial charge in [0.05, 0.1) is 18.7 Å². The fourth-order valence-electron chi connectivity index (χ4n) is 2.23. The lowest BCUT2D eigenvalue weighted by Crippen LogP contribution is -2.15. The van der Waals surface area contributed by atoms with Crippen molar-refractivity contribution in [3.63, 3.8) is 0 Å².